The van der Waals surface area contributed by atoms with E-state index in [1.54, 1.807) is 12.3 Å². The number of ketones is 1. The first-order chi connectivity index (χ1) is 17.5. The third-order valence-electron chi connectivity index (χ3n) is 6.39. The zero-order valence-corrected chi connectivity index (χ0v) is 26.2. The van der Waals surface area contributed by atoms with E-state index in [0.717, 1.165) is 16.9 Å². The summed E-state index contributed by atoms with van der Waals surface area (Å²) in [6.45, 7) is 19.7. The van der Waals surface area contributed by atoms with Crippen LogP contribution in [0.5, 0.6) is 0 Å². The van der Waals surface area contributed by atoms with Crippen LogP contribution in [-0.4, -0.2) is 39.9 Å². The first kappa shape index (κ1) is 28.3. The molecule has 0 amide bonds. The van der Waals surface area contributed by atoms with Gasteiger partial charge in [-0.3, -0.25) is 4.98 Å². The van der Waals surface area contributed by atoms with Gasteiger partial charge < -0.3 is 0 Å². The Bertz CT molecular complexity index is 1410. The summed E-state index contributed by atoms with van der Waals surface area (Å²) in [4.78, 5) is 17.7. The second-order valence-corrected chi connectivity index (χ2v) is 16.1. The molecule has 1 aromatic rings. The molecule has 1 aliphatic carbocycles. The Morgan fingerprint density at radius 3 is 2.13 bits per heavy atom. The Hall–Kier alpha value is -2.74. The van der Waals surface area contributed by atoms with E-state index in [9.17, 15) is 9.90 Å². The van der Waals surface area contributed by atoms with E-state index < -0.39 is 20.5 Å². The fourth-order valence-corrected chi connectivity index (χ4v) is 7.53. The van der Waals surface area contributed by atoms with Gasteiger partial charge in [-0.1, -0.05) is 26.8 Å². The van der Waals surface area contributed by atoms with Crippen molar-refractivity contribution in [2.45, 2.75) is 62.3 Å². The van der Waals surface area contributed by atoms with Crippen molar-refractivity contribution in [3.63, 3.8) is 0 Å². The van der Waals surface area contributed by atoms with Crippen LogP contribution in [0.3, 0.4) is 0 Å². The molecule has 1 N–H and O–H groups in total. The van der Waals surface area contributed by atoms with E-state index >= 15 is 0 Å². The van der Waals surface area contributed by atoms with Crippen molar-refractivity contribution in [3.8, 4) is 0 Å². The van der Waals surface area contributed by atoms with Crippen LogP contribution in [0.15, 0.2) is 98.3 Å². The number of pyridine rings is 1. The van der Waals surface area contributed by atoms with Crippen LogP contribution in [0.1, 0.15) is 68.0 Å². The topological polar surface area (TPSA) is 59.4 Å². The number of allylic oxidation sites excluding steroid dienone is 12. The molecule has 3 heterocycles. The second kappa shape index (κ2) is 10.1. The molecule has 199 valence electrons. The summed E-state index contributed by atoms with van der Waals surface area (Å²) < 4.78 is 9.09. The summed E-state index contributed by atoms with van der Waals surface area (Å²) in [5.74, 6) is 1.29. The van der Waals surface area contributed by atoms with Crippen LogP contribution in [0.2, 0.25) is 0 Å². The average molecular weight is 624 g/mol. The summed E-state index contributed by atoms with van der Waals surface area (Å²) in [6.07, 6.45) is 13.6. The van der Waals surface area contributed by atoms with Crippen LogP contribution < -0.4 is 0 Å². The minimum atomic E-state index is -0.457. The Kier molecular flexibility index (Phi) is 7.51. The van der Waals surface area contributed by atoms with Gasteiger partial charge in [-0.15, -0.1) is 0 Å². The molecule has 0 atom stereocenters. The van der Waals surface area contributed by atoms with Gasteiger partial charge in [0.25, 0.3) is 0 Å². The van der Waals surface area contributed by atoms with Gasteiger partial charge in [-0.2, -0.15) is 0 Å². The normalized spacial score (nSPS) is 20.9. The third-order valence-corrected chi connectivity index (χ3v) is 11.8. The molecular formula is C33H38NO3Te. The maximum absolute atomic E-state index is 13.2. The van der Waals surface area contributed by atoms with Gasteiger partial charge in [0, 0.05) is 6.20 Å². The fourth-order valence-electron chi connectivity index (χ4n) is 4.00. The Morgan fingerprint density at radius 1 is 0.868 bits per heavy atom. The van der Waals surface area contributed by atoms with Gasteiger partial charge in [0.2, 0.25) is 0 Å². The molecule has 0 bridgehead atoms. The summed E-state index contributed by atoms with van der Waals surface area (Å²) in [6, 6.07) is 5.67. The van der Waals surface area contributed by atoms with Crippen molar-refractivity contribution in [3.05, 3.63) is 104 Å². The zero-order chi connectivity index (χ0) is 28.0. The number of hydrogen-bond acceptors (Lipinski definition) is 4. The second-order valence-electron chi connectivity index (χ2n) is 13.0. The number of carbonyl (C=O) groups excluding carboxylic acids is 1. The predicted molar refractivity (Wildman–Crippen MR) is 158 cm³/mol. The number of ether oxygens (including phenoxy) is 1. The standard InChI is InChI=1S/C33H38NO3Te/c1-31(2,3)26-17-20(16-25(37-26)24-12-10-11-13-34-24)14-22-29(35)23(30(22)36)15-21-18-27(32(4,5)6)38-28(19-21)33(7,8)9/h10-19,35H,1-9H3. The molecule has 3 aliphatic rings. The Morgan fingerprint density at radius 2 is 1.58 bits per heavy atom. The fraction of sp³-hybridized carbons (Fsp3) is 0.364. The monoisotopic (exact) mass is 626 g/mol. The van der Waals surface area contributed by atoms with E-state index in [4.69, 9.17) is 4.74 Å². The van der Waals surface area contributed by atoms with Gasteiger partial charge in [-0.25, -0.2) is 0 Å². The van der Waals surface area contributed by atoms with Crippen molar-refractivity contribution in [1.29, 1.82) is 0 Å². The van der Waals surface area contributed by atoms with Crippen molar-refractivity contribution < 1.29 is 14.6 Å². The molecule has 0 unspecified atom stereocenters. The smallest absolute Gasteiger partial charge is 0.253 e. The van der Waals surface area contributed by atoms with Gasteiger partial charge in [-0.05, 0) is 12.1 Å². The number of hydrogen-bond donors (Lipinski definition) is 1. The van der Waals surface area contributed by atoms with Crippen LogP contribution in [0.25, 0.3) is 5.76 Å². The van der Waals surface area contributed by atoms with Gasteiger partial charge >= 0.3 is 188 Å². The van der Waals surface area contributed by atoms with Crippen molar-refractivity contribution in [2.75, 3.05) is 0 Å². The average Bonchev–Trinajstić information content (AvgIpc) is 2.84. The molecule has 0 spiro atoms. The van der Waals surface area contributed by atoms with Gasteiger partial charge in [0.1, 0.15) is 0 Å². The van der Waals surface area contributed by atoms with E-state index in [-0.39, 0.29) is 27.8 Å². The summed E-state index contributed by atoms with van der Waals surface area (Å²) >= 11 is -0.457. The zero-order valence-electron chi connectivity index (χ0n) is 23.9. The summed E-state index contributed by atoms with van der Waals surface area (Å²) in [5.41, 5.74) is 3.08. The minimum Gasteiger partial charge on any atom is -0.253 e. The molecule has 38 heavy (non-hydrogen) atoms. The summed E-state index contributed by atoms with van der Waals surface area (Å²) in [7, 11) is 0. The first-order valence-electron chi connectivity index (χ1n) is 13.0. The Labute approximate surface area is 236 Å². The number of nitrogens with zero attached hydrogens (tertiary/aromatic N) is 1. The molecule has 0 saturated carbocycles. The molecule has 0 aromatic carbocycles. The molecule has 0 fully saturated rings. The molecule has 4 rings (SSSR count). The van der Waals surface area contributed by atoms with Gasteiger partial charge in [0.05, 0.1) is 0 Å². The summed E-state index contributed by atoms with van der Waals surface area (Å²) in [5, 5.41) is 11.0. The third kappa shape index (κ3) is 6.11. The SMILES string of the molecule is CC(C)(C)C1=CC(=CC2=C(O)C(=CC3=CC(C(C)(C)C)=[Te]C(C(C)(C)C)=C3)C2=O)C=C(c2ccccn2)O1. The first-order valence-corrected chi connectivity index (χ1v) is 15.3. The van der Waals surface area contributed by atoms with Crippen LogP contribution in [0, 0.1) is 16.2 Å². The van der Waals surface area contributed by atoms with Crippen molar-refractivity contribution in [2.24, 2.45) is 16.2 Å². The minimum absolute atomic E-state index is 0.0402. The molecule has 0 saturated heterocycles. The number of aliphatic hydroxyl groups excluding tert-OH is 1. The van der Waals surface area contributed by atoms with Crippen molar-refractivity contribution in [1.82, 2.24) is 4.98 Å². The van der Waals surface area contributed by atoms with E-state index in [0.29, 0.717) is 22.6 Å². The van der Waals surface area contributed by atoms with E-state index in [2.05, 4.69) is 79.4 Å². The van der Waals surface area contributed by atoms with E-state index in [1.165, 1.54) is 7.17 Å². The van der Waals surface area contributed by atoms with Gasteiger partial charge in [0.15, 0.2) is 0 Å². The quantitative estimate of drug-likeness (QED) is 0.281. The molecule has 1 radical (unpaired) electrons. The molecular weight excluding hydrogens is 586 g/mol. The predicted octanol–water partition coefficient (Wildman–Crippen LogP) is 7.42. The van der Waals surface area contributed by atoms with E-state index in [1.807, 2.05) is 36.4 Å². The number of Topliss-reactive ketones (excluding diaryl/α,β-unsaturated/α-hetero) is 1. The number of rotatable bonds is 3. The van der Waals surface area contributed by atoms with Crippen molar-refractivity contribution >= 4 is 35.5 Å². The van der Waals surface area contributed by atoms with Crippen LogP contribution >= 0.6 is 0 Å². The molecule has 1 aromatic heterocycles. The number of aromatic nitrogens is 1. The molecule has 5 heteroatoms. The molecule has 4 nitrogen and oxygen atoms in total. The molecule has 2 aliphatic heterocycles. The Balaban J connectivity index is 1.73. The van der Waals surface area contributed by atoms with Crippen LogP contribution in [-0.2, 0) is 9.53 Å². The number of carbonyl (C=O) groups is 1. The number of aliphatic hydroxyl groups is 1. The van der Waals surface area contributed by atoms with Crippen LogP contribution in [0.4, 0.5) is 0 Å². The maximum atomic E-state index is 13.2.